The molecule has 1 aliphatic heterocycles. The first-order chi connectivity index (χ1) is 12.4. The molecule has 2 aromatic carbocycles. The molecule has 0 aliphatic carbocycles. The van der Waals surface area contributed by atoms with Crippen LogP contribution in [0.4, 0.5) is 4.39 Å². The van der Waals surface area contributed by atoms with Gasteiger partial charge in [0.2, 0.25) is 10.0 Å². The van der Waals surface area contributed by atoms with Crippen molar-refractivity contribution in [1.82, 2.24) is 9.21 Å². The summed E-state index contributed by atoms with van der Waals surface area (Å²) in [5.74, 6) is -0.984. The zero-order valence-corrected chi connectivity index (χ0v) is 16.3. The second kappa shape index (κ2) is 7.85. The number of hydrogen-bond donors (Lipinski definition) is 0. The van der Waals surface area contributed by atoms with Crippen molar-refractivity contribution in [3.05, 3.63) is 64.4 Å². The van der Waals surface area contributed by atoms with Gasteiger partial charge in [0.25, 0.3) is 5.91 Å². The number of rotatable bonds is 3. The Morgan fingerprint density at radius 1 is 0.962 bits per heavy atom. The van der Waals surface area contributed by atoms with E-state index in [9.17, 15) is 17.6 Å². The quantitative estimate of drug-likeness (QED) is 0.736. The van der Waals surface area contributed by atoms with Crippen LogP contribution in [0.25, 0.3) is 0 Å². The van der Waals surface area contributed by atoms with Crippen molar-refractivity contribution in [2.45, 2.75) is 11.3 Å². The Morgan fingerprint density at radius 3 is 2.38 bits per heavy atom. The SMILES string of the molecule is O=C(c1ccccc1F)N1CCCN(S(=O)(=O)c2ccccc2Br)CC1. The summed E-state index contributed by atoms with van der Waals surface area (Å²) in [6.45, 7) is 1.08. The van der Waals surface area contributed by atoms with Gasteiger partial charge in [-0.15, -0.1) is 0 Å². The number of hydrogen-bond acceptors (Lipinski definition) is 3. The molecule has 0 radical (unpaired) electrons. The Morgan fingerprint density at radius 2 is 1.65 bits per heavy atom. The summed E-state index contributed by atoms with van der Waals surface area (Å²) >= 11 is 3.28. The number of halogens is 2. The van der Waals surface area contributed by atoms with Gasteiger partial charge in [-0.25, -0.2) is 12.8 Å². The number of carbonyl (C=O) groups is 1. The Hall–Kier alpha value is -1.77. The van der Waals surface area contributed by atoms with Crippen LogP contribution in [0.15, 0.2) is 57.9 Å². The van der Waals surface area contributed by atoms with Crippen LogP contribution < -0.4 is 0 Å². The minimum absolute atomic E-state index is 0.00890. The molecule has 0 aromatic heterocycles. The normalized spacial score (nSPS) is 16.3. The molecule has 0 atom stereocenters. The number of nitrogens with zero attached hydrogens (tertiary/aromatic N) is 2. The van der Waals surface area contributed by atoms with Crippen LogP contribution in [-0.2, 0) is 10.0 Å². The van der Waals surface area contributed by atoms with Crippen molar-refractivity contribution in [3.63, 3.8) is 0 Å². The van der Waals surface area contributed by atoms with Gasteiger partial charge in [-0.05, 0) is 46.6 Å². The Labute approximate surface area is 160 Å². The summed E-state index contributed by atoms with van der Waals surface area (Å²) in [4.78, 5) is 14.3. The molecule has 5 nitrogen and oxygen atoms in total. The summed E-state index contributed by atoms with van der Waals surface area (Å²) in [6.07, 6.45) is 0.490. The van der Waals surface area contributed by atoms with Crippen LogP contribution in [0.3, 0.4) is 0 Å². The van der Waals surface area contributed by atoms with Crippen molar-refractivity contribution in [2.24, 2.45) is 0 Å². The molecule has 0 N–H and O–H groups in total. The summed E-state index contributed by atoms with van der Waals surface area (Å²) in [7, 11) is -3.66. The topological polar surface area (TPSA) is 57.7 Å². The molecule has 1 fully saturated rings. The second-order valence-electron chi connectivity index (χ2n) is 5.96. The maximum absolute atomic E-state index is 13.9. The van der Waals surface area contributed by atoms with E-state index < -0.39 is 21.7 Å². The van der Waals surface area contributed by atoms with Gasteiger partial charge in [0, 0.05) is 30.7 Å². The van der Waals surface area contributed by atoms with Gasteiger partial charge in [-0.2, -0.15) is 4.31 Å². The lowest BCUT2D eigenvalue weighted by Crippen LogP contribution is -2.37. The molecule has 26 heavy (non-hydrogen) atoms. The van der Waals surface area contributed by atoms with Gasteiger partial charge in [-0.1, -0.05) is 24.3 Å². The molecule has 138 valence electrons. The third-order valence-electron chi connectivity index (χ3n) is 4.30. The predicted molar refractivity (Wildman–Crippen MR) is 99.8 cm³/mol. The fourth-order valence-corrected chi connectivity index (χ4v) is 5.37. The molecule has 0 bridgehead atoms. The maximum atomic E-state index is 13.9. The third kappa shape index (κ3) is 3.82. The Bertz CT molecular complexity index is 920. The van der Waals surface area contributed by atoms with E-state index in [1.165, 1.54) is 27.4 Å². The van der Waals surface area contributed by atoms with Gasteiger partial charge >= 0.3 is 0 Å². The first kappa shape index (κ1) is 19.0. The first-order valence-electron chi connectivity index (χ1n) is 8.20. The fraction of sp³-hybridized carbons (Fsp3) is 0.278. The minimum Gasteiger partial charge on any atom is -0.337 e. The highest BCUT2D eigenvalue weighted by Gasteiger charge is 2.30. The van der Waals surface area contributed by atoms with E-state index in [0.717, 1.165) is 0 Å². The van der Waals surface area contributed by atoms with E-state index in [0.29, 0.717) is 24.0 Å². The average Bonchev–Trinajstić information content (AvgIpc) is 2.88. The van der Waals surface area contributed by atoms with Crippen LogP contribution in [0.2, 0.25) is 0 Å². The molecule has 2 aromatic rings. The lowest BCUT2D eigenvalue weighted by molar-refractivity contribution is 0.0759. The lowest BCUT2D eigenvalue weighted by Gasteiger charge is -2.22. The monoisotopic (exact) mass is 440 g/mol. The Kier molecular flexibility index (Phi) is 5.74. The van der Waals surface area contributed by atoms with E-state index in [1.54, 1.807) is 30.3 Å². The van der Waals surface area contributed by atoms with Gasteiger partial charge in [0.1, 0.15) is 5.82 Å². The van der Waals surface area contributed by atoms with Crippen LogP contribution in [0.5, 0.6) is 0 Å². The van der Waals surface area contributed by atoms with Crippen LogP contribution in [-0.4, -0.2) is 49.7 Å². The van der Waals surface area contributed by atoms with Crippen molar-refractivity contribution in [3.8, 4) is 0 Å². The Balaban J connectivity index is 1.77. The van der Waals surface area contributed by atoms with Crippen molar-refractivity contribution < 1.29 is 17.6 Å². The standard InChI is InChI=1S/C18H18BrFN2O3S/c19-15-7-2-4-9-17(15)26(24,25)22-11-5-10-21(12-13-22)18(23)14-6-1-3-8-16(14)20/h1-4,6-9H,5,10-13H2. The van der Waals surface area contributed by atoms with E-state index >= 15 is 0 Å². The zero-order valence-electron chi connectivity index (χ0n) is 13.9. The highest BCUT2D eigenvalue weighted by Crippen LogP contribution is 2.25. The van der Waals surface area contributed by atoms with E-state index in [1.807, 2.05) is 0 Å². The second-order valence-corrected chi connectivity index (χ2v) is 8.72. The summed E-state index contributed by atoms with van der Waals surface area (Å²) in [6, 6.07) is 12.5. The molecule has 0 saturated carbocycles. The summed E-state index contributed by atoms with van der Waals surface area (Å²) < 4.78 is 41.5. The summed E-state index contributed by atoms with van der Waals surface area (Å²) in [5, 5.41) is 0. The maximum Gasteiger partial charge on any atom is 0.256 e. The van der Waals surface area contributed by atoms with E-state index in [-0.39, 0.29) is 23.5 Å². The smallest absolute Gasteiger partial charge is 0.256 e. The third-order valence-corrected chi connectivity index (χ3v) is 7.21. The molecule has 0 unspecified atom stereocenters. The van der Waals surface area contributed by atoms with Crippen LogP contribution >= 0.6 is 15.9 Å². The zero-order chi connectivity index (χ0) is 18.7. The first-order valence-corrected chi connectivity index (χ1v) is 10.4. The highest BCUT2D eigenvalue weighted by atomic mass is 79.9. The summed E-state index contributed by atoms with van der Waals surface area (Å²) in [5.41, 5.74) is 0.00890. The van der Waals surface area contributed by atoms with Crippen molar-refractivity contribution >= 4 is 31.9 Å². The molecule has 8 heteroatoms. The lowest BCUT2D eigenvalue weighted by atomic mass is 10.2. The fourth-order valence-electron chi connectivity index (χ4n) is 2.94. The molecular weight excluding hydrogens is 423 g/mol. The largest absolute Gasteiger partial charge is 0.337 e. The van der Waals surface area contributed by atoms with E-state index in [2.05, 4.69) is 15.9 Å². The molecule has 1 amide bonds. The number of sulfonamides is 1. The predicted octanol–water partition coefficient (Wildman–Crippen LogP) is 3.13. The van der Waals surface area contributed by atoms with Gasteiger partial charge in [0.05, 0.1) is 10.5 Å². The van der Waals surface area contributed by atoms with Crippen molar-refractivity contribution in [1.29, 1.82) is 0 Å². The molecule has 1 saturated heterocycles. The van der Waals surface area contributed by atoms with Gasteiger partial charge < -0.3 is 4.90 Å². The average molecular weight is 441 g/mol. The number of amides is 1. The molecule has 1 heterocycles. The van der Waals surface area contributed by atoms with Gasteiger partial charge in [0.15, 0.2) is 0 Å². The minimum atomic E-state index is -3.66. The number of carbonyl (C=O) groups excluding carboxylic acids is 1. The van der Waals surface area contributed by atoms with Crippen LogP contribution in [0, 0.1) is 5.82 Å². The molecule has 3 rings (SSSR count). The van der Waals surface area contributed by atoms with E-state index in [4.69, 9.17) is 0 Å². The molecular formula is C18H18BrFN2O3S. The van der Waals surface area contributed by atoms with Crippen LogP contribution in [0.1, 0.15) is 16.8 Å². The number of benzene rings is 2. The molecule has 0 spiro atoms. The van der Waals surface area contributed by atoms with Gasteiger partial charge in [-0.3, -0.25) is 4.79 Å². The van der Waals surface area contributed by atoms with Crippen molar-refractivity contribution in [2.75, 3.05) is 26.2 Å². The highest BCUT2D eigenvalue weighted by molar-refractivity contribution is 9.10. The molecule has 1 aliphatic rings.